The first-order valence-corrected chi connectivity index (χ1v) is 5.68. The number of carbonyl (C=O) groups excluding carboxylic acids is 2. The minimum absolute atomic E-state index is 0.0293. The second-order valence-electron chi connectivity index (χ2n) is 4.32. The quantitative estimate of drug-likeness (QED) is 0.799. The van der Waals surface area contributed by atoms with Crippen LogP contribution >= 0.6 is 0 Å². The molecular weight excluding hydrogens is 218 g/mol. The molecule has 17 heavy (non-hydrogen) atoms. The minimum atomic E-state index is -0.258. The molecule has 4 nitrogen and oxygen atoms in total. The van der Waals surface area contributed by atoms with Gasteiger partial charge in [-0.2, -0.15) is 0 Å². The van der Waals surface area contributed by atoms with Crippen molar-refractivity contribution in [2.24, 2.45) is 11.8 Å². The van der Waals surface area contributed by atoms with Gasteiger partial charge < -0.3 is 4.74 Å². The standard InChI is InChI=1S/C13H15NO3/c1-9(11-7-12(15)14-13(11)16)8-17-10-5-3-2-4-6-10/h2-6,9,11H,7-8H2,1H3,(H,14,15,16). The molecule has 90 valence electrons. The number of hydrogen-bond donors (Lipinski definition) is 1. The fourth-order valence-electron chi connectivity index (χ4n) is 1.89. The number of benzene rings is 1. The van der Waals surface area contributed by atoms with Crippen LogP contribution in [0.15, 0.2) is 30.3 Å². The molecule has 1 aliphatic heterocycles. The summed E-state index contributed by atoms with van der Waals surface area (Å²) in [6.45, 7) is 2.36. The predicted molar refractivity (Wildman–Crippen MR) is 62.4 cm³/mol. The number of hydrogen-bond acceptors (Lipinski definition) is 3. The summed E-state index contributed by atoms with van der Waals surface area (Å²) in [6, 6.07) is 9.44. The molecule has 2 unspecified atom stereocenters. The normalized spacial score (nSPS) is 21.1. The molecule has 1 N–H and O–H groups in total. The maximum atomic E-state index is 11.4. The molecule has 0 saturated carbocycles. The monoisotopic (exact) mass is 233 g/mol. The number of amides is 2. The molecule has 1 saturated heterocycles. The minimum Gasteiger partial charge on any atom is -0.493 e. The lowest BCUT2D eigenvalue weighted by molar-refractivity contribution is -0.126. The average molecular weight is 233 g/mol. The first-order valence-electron chi connectivity index (χ1n) is 5.68. The van der Waals surface area contributed by atoms with Crippen LogP contribution in [0.5, 0.6) is 5.75 Å². The SMILES string of the molecule is CC(COc1ccccc1)C1CC(=O)NC1=O. The van der Waals surface area contributed by atoms with E-state index in [2.05, 4.69) is 5.32 Å². The lowest BCUT2D eigenvalue weighted by Gasteiger charge is -2.16. The summed E-state index contributed by atoms with van der Waals surface area (Å²) < 4.78 is 5.57. The lowest BCUT2D eigenvalue weighted by Crippen LogP contribution is -2.27. The highest BCUT2D eigenvalue weighted by Crippen LogP contribution is 2.21. The van der Waals surface area contributed by atoms with Crippen molar-refractivity contribution in [3.05, 3.63) is 30.3 Å². The highest BCUT2D eigenvalue weighted by atomic mass is 16.5. The van der Waals surface area contributed by atoms with Gasteiger partial charge in [-0.1, -0.05) is 25.1 Å². The number of rotatable bonds is 4. The van der Waals surface area contributed by atoms with E-state index in [0.717, 1.165) is 5.75 Å². The molecule has 2 rings (SSSR count). The van der Waals surface area contributed by atoms with E-state index in [1.54, 1.807) is 0 Å². The van der Waals surface area contributed by atoms with E-state index in [-0.39, 0.29) is 30.1 Å². The van der Waals surface area contributed by atoms with Crippen molar-refractivity contribution in [3.63, 3.8) is 0 Å². The Morgan fingerprint density at radius 1 is 1.35 bits per heavy atom. The largest absolute Gasteiger partial charge is 0.493 e. The van der Waals surface area contributed by atoms with Crippen molar-refractivity contribution >= 4 is 11.8 Å². The third-order valence-corrected chi connectivity index (χ3v) is 2.95. The average Bonchev–Trinajstić information content (AvgIpc) is 2.67. The molecule has 0 radical (unpaired) electrons. The third-order valence-electron chi connectivity index (χ3n) is 2.95. The summed E-state index contributed by atoms with van der Waals surface area (Å²) in [5.41, 5.74) is 0. The molecule has 2 amide bonds. The summed E-state index contributed by atoms with van der Waals surface area (Å²) in [5, 5.41) is 2.31. The van der Waals surface area contributed by atoms with Crippen molar-refractivity contribution in [3.8, 4) is 5.75 Å². The molecule has 0 spiro atoms. The number of imide groups is 1. The van der Waals surface area contributed by atoms with Crippen molar-refractivity contribution < 1.29 is 14.3 Å². The Morgan fingerprint density at radius 2 is 2.06 bits per heavy atom. The van der Waals surface area contributed by atoms with Crippen molar-refractivity contribution in [2.45, 2.75) is 13.3 Å². The molecule has 2 atom stereocenters. The van der Waals surface area contributed by atoms with Crippen LogP contribution in [0.25, 0.3) is 0 Å². The van der Waals surface area contributed by atoms with Gasteiger partial charge in [0.25, 0.3) is 0 Å². The summed E-state index contributed by atoms with van der Waals surface area (Å²) in [7, 11) is 0. The van der Waals surface area contributed by atoms with Gasteiger partial charge in [0.15, 0.2) is 0 Å². The van der Waals surface area contributed by atoms with Gasteiger partial charge in [0.2, 0.25) is 11.8 Å². The zero-order chi connectivity index (χ0) is 12.3. The molecule has 4 heteroatoms. The Morgan fingerprint density at radius 3 is 2.65 bits per heavy atom. The van der Waals surface area contributed by atoms with Gasteiger partial charge in [-0.3, -0.25) is 14.9 Å². The number of para-hydroxylation sites is 1. The first-order chi connectivity index (χ1) is 8.16. The molecule has 1 fully saturated rings. The van der Waals surface area contributed by atoms with Crippen LogP contribution in [0.3, 0.4) is 0 Å². The Bertz CT molecular complexity index is 416. The molecule has 1 aromatic rings. The number of carbonyl (C=O) groups is 2. The maximum absolute atomic E-state index is 11.4. The van der Waals surface area contributed by atoms with Gasteiger partial charge >= 0.3 is 0 Å². The van der Waals surface area contributed by atoms with Crippen molar-refractivity contribution in [1.82, 2.24) is 5.32 Å². The first kappa shape index (κ1) is 11.6. The van der Waals surface area contributed by atoms with E-state index in [9.17, 15) is 9.59 Å². The number of ether oxygens (including phenoxy) is 1. The Kier molecular flexibility index (Phi) is 3.42. The second kappa shape index (κ2) is 4.99. The van der Waals surface area contributed by atoms with E-state index >= 15 is 0 Å². The molecular formula is C13H15NO3. The molecule has 1 aromatic carbocycles. The smallest absolute Gasteiger partial charge is 0.230 e. The molecule has 1 heterocycles. The molecule has 1 aliphatic rings. The highest BCUT2D eigenvalue weighted by Gasteiger charge is 2.34. The van der Waals surface area contributed by atoms with Gasteiger partial charge in [0.1, 0.15) is 5.75 Å². The van der Waals surface area contributed by atoms with E-state index in [4.69, 9.17) is 4.74 Å². The van der Waals surface area contributed by atoms with E-state index in [0.29, 0.717) is 6.61 Å². The molecule has 0 bridgehead atoms. The summed E-state index contributed by atoms with van der Waals surface area (Å²) in [4.78, 5) is 22.5. The van der Waals surface area contributed by atoms with Crippen molar-refractivity contribution in [2.75, 3.05) is 6.61 Å². The fraction of sp³-hybridized carbons (Fsp3) is 0.385. The molecule has 0 aliphatic carbocycles. The summed E-state index contributed by atoms with van der Waals surface area (Å²) in [6.07, 6.45) is 0.276. The summed E-state index contributed by atoms with van der Waals surface area (Å²) in [5.74, 6) is 0.183. The fourth-order valence-corrected chi connectivity index (χ4v) is 1.89. The van der Waals surface area contributed by atoms with Crippen LogP contribution in [0.4, 0.5) is 0 Å². The summed E-state index contributed by atoms with van der Waals surface area (Å²) >= 11 is 0. The van der Waals surface area contributed by atoms with Crippen LogP contribution in [0.2, 0.25) is 0 Å². The Labute approximate surface area is 100.0 Å². The van der Waals surface area contributed by atoms with Crippen LogP contribution in [0.1, 0.15) is 13.3 Å². The number of nitrogens with one attached hydrogen (secondary N) is 1. The van der Waals surface area contributed by atoms with Gasteiger partial charge in [0, 0.05) is 12.3 Å². The lowest BCUT2D eigenvalue weighted by atomic mass is 9.93. The van der Waals surface area contributed by atoms with Crippen LogP contribution in [-0.2, 0) is 9.59 Å². The van der Waals surface area contributed by atoms with E-state index < -0.39 is 0 Å². The zero-order valence-corrected chi connectivity index (χ0v) is 9.68. The van der Waals surface area contributed by atoms with Crippen LogP contribution in [-0.4, -0.2) is 18.4 Å². The van der Waals surface area contributed by atoms with Crippen LogP contribution < -0.4 is 10.1 Å². The van der Waals surface area contributed by atoms with E-state index in [1.165, 1.54) is 0 Å². The second-order valence-corrected chi connectivity index (χ2v) is 4.32. The molecule has 0 aromatic heterocycles. The third kappa shape index (κ3) is 2.84. The van der Waals surface area contributed by atoms with E-state index in [1.807, 2.05) is 37.3 Å². The maximum Gasteiger partial charge on any atom is 0.230 e. The van der Waals surface area contributed by atoms with Crippen molar-refractivity contribution in [1.29, 1.82) is 0 Å². The van der Waals surface area contributed by atoms with Gasteiger partial charge in [0.05, 0.1) is 12.5 Å². The predicted octanol–water partition coefficient (Wildman–Crippen LogP) is 1.36. The van der Waals surface area contributed by atoms with Gasteiger partial charge in [-0.05, 0) is 12.1 Å². The topological polar surface area (TPSA) is 55.4 Å². The highest BCUT2D eigenvalue weighted by molar-refractivity contribution is 6.03. The Hall–Kier alpha value is -1.84. The zero-order valence-electron chi connectivity index (χ0n) is 9.68. The Balaban J connectivity index is 1.87. The van der Waals surface area contributed by atoms with Gasteiger partial charge in [-0.25, -0.2) is 0 Å². The van der Waals surface area contributed by atoms with Gasteiger partial charge in [-0.15, -0.1) is 0 Å². The van der Waals surface area contributed by atoms with Crippen LogP contribution in [0, 0.1) is 11.8 Å².